The number of H-pyrrole nitrogens is 3. The number of aromatic nitrogens is 5. The van der Waals surface area contributed by atoms with Crippen molar-refractivity contribution in [3.05, 3.63) is 88.4 Å². The maximum absolute atomic E-state index is 12.4. The number of carbonyl (C=O) groups excluding carboxylic acids is 1. The number of hydrogen-bond donors (Lipinski definition) is 5. The van der Waals surface area contributed by atoms with Crippen molar-refractivity contribution in [1.82, 2.24) is 25.4 Å². The first-order valence-electron chi connectivity index (χ1n) is 10.8. The third-order valence-corrected chi connectivity index (χ3v) is 5.43. The minimum atomic E-state index is -0.262. The summed E-state index contributed by atoms with van der Waals surface area (Å²) in [4.78, 5) is 19.8. The number of hydrogen-bond acceptors (Lipinski definition) is 5. The average molecular weight is 454 g/mol. The van der Waals surface area contributed by atoms with E-state index in [0.29, 0.717) is 29.2 Å². The molecule has 3 heterocycles. The van der Waals surface area contributed by atoms with Crippen molar-refractivity contribution >= 4 is 34.5 Å². The lowest BCUT2D eigenvalue weighted by Gasteiger charge is -2.07. The van der Waals surface area contributed by atoms with Gasteiger partial charge >= 0.3 is 0 Å². The predicted octanol–water partition coefficient (Wildman–Crippen LogP) is 4.53. The van der Waals surface area contributed by atoms with E-state index < -0.39 is 0 Å². The van der Waals surface area contributed by atoms with E-state index in [1.54, 1.807) is 12.3 Å². The number of carbonyl (C=O) groups is 1. The fourth-order valence-electron chi connectivity index (χ4n) is 3.81. The Morgan fingerprint density at radius 3 is 2.59 bits per heavy atom. The topological polar surface area (TPSA) is 135 Å². The van der Waals surface area contributed by atoms with Crippen LogP contribution in [0.4, 0.5) is 11.5 Å². The highest BCUT2D eigenvalue weighted by Crippen LogP contribution is 2.28. The molecule has 0 aliphatic heterocycles. The molecule has 2 aromatic carbocycles. The number of rotatable bonds is 6. The van der Waals surface area contributed by atoms with Gasteiger partial charge in [-0.15, -0.1) is 0 Å². The molecule has 0 atom stereocenters. The lowest BCUT2D eigenvalue weighted by molar-refractivity contribution is 0.102. The van der Waals surface area contributed by atoms with Crippen molar-refractivity contribution in [2.75, 3.05) is 5.32 Å². The number of nitrogens with one attached hydrogen (secondary N) is 4. The number of aliphatic imine (C=N–C) groups is 1. The second-order valence-corrected chi connectivity index (χ2v) is 8.20. The number of aromatic hydroxyl groups is 1. The molecule has 9 nitrogen and oxygen atoms in total. The molecule has 0 spiro atoms. The minimum Gasteiger partial charge on any atom is -0.494 e. The summed E-state index contributed by atoms with van der Waals surface area (Å²) >= 11 is 0. The van der Waals surface area contributed by atoms with Crippen LogP contribution in [0, 0.1) is 13.8 Å². The molecule has 0 fully saturated rings. The molecule has 0 aliphatic rings. The van der Waals surface area contributed by atoms with Crippen LogP contribution in [0.3, 0.4) is 0 Å². The van der Waals surface area contributed by atoms with E-state index in [9.17, 15) is 9.90 Å². The lowest BCUT2D eigenvalue weighted by atomic mass is 10.0. The maximum atomic E-state index is 12.4. The summed E-state index contributed by atoms with van der Waals surface area (Å²) in [7, 11) is 0. The monoisotopic (exact) mass is 453 g/mol. The van der Waals surface area contributed by atoms with Crippen molar-refractivity contribution in [3.8, 4) is 5.88 Å². The first-order chi connectivity index (χ1) is 16.4. The Labute approximate surface area is 195 Å². The summed E-state index contributed by atoms with van der Waals surface area (Å²) in [6.07, 6.45) is 2.27. The number of amides is 1. The molecule has 0 bridgehead atoms. The SMILES string of the molecule is Cc1cc(N=Cc2c(O)[nH]c3ccc(Cc4cccc(NC(=O)c5cc(C)[nH]n5)c4)cc23)n[nH]1. The van der Waals surface area contributed by atoms with Crippen LogP contribution in [0.5, 0.6) is 5.88 Å². The Morgan fingerprint density at radius 2 is 1.82 bits per heavy atom. The molecular formula is C25H23N7O2. The Bertz CT molecular complexity index is 1520. The van der Waals surface area contributed by atoms with E-state index >= 15 is 0 Å². The zero-order chi connectivity index (χ0) is 23.7. The highest BCUT2D eigenvalue weighted by molar-refractivity contribution is 6.03. The van der Waals surface area contributed by atoms with Gasteiger partial charge in [-0.2, -0.15) is 10.2 Å². The summed E-state index contributed by atoms with van der Waals surface area (Å²) in [6.45, 7) is 3.75. The van der Waals surface area contributed by atoms with Gasteiger partial charge in [-0.1, -0.05) is 18.2 Å². The molecule has 0 unspecified atom stereocenters. The predicted molar refractivity (Wildman–Crippen MR) is 131 cm³/mol. The van der Waals surface area contributed by atoms with Crippen LogP contribution in [0.25, 0.3) is 10.9 Å². The first kappa shape index (κ1) is 21.2. The van der Waals surface area contributed by atoms with Crippen LogP contribution in [0.15, 0.2) is 59.6 Å². The Kier molecular flexibility index (Phi) is 5.43. The second-order valence-electron chi connectivity index (χ2n) is 8.20. The zero-order valence-corrected chi connectivity index (χ0v) is 18.7. The number of nitrogens with zero attached hydrogens (tertiary/aromatic N) is 3. The molecule has 0 saturated carbocycles. The van der Waals surface area contributed by atoms with E-state index in [2.05, 4.69) is 35.7 Å². The van der Waals surface area contributed by atoms with Gasteiger partial charge in [-0.3, -0.25) is 15.0 Å². The van der Waals surface area contributed by atoms with Crippen LogP contribution in [0.2, 0.25) is 0 Å². The molecular weight excluding hydrogens is 430 g/mol. The van der Waals surface area contributed by atoms with Gasteiger partial charge < -0.3 is 15.4 Å². The molecule has 9 heteroatoms. The van der Waals surface area contributed by atoms with E-state index in [4.69, 9.17) is 0 Å². The van der Waals surface area contributed by atoms with E-state index in [-0.39, 0.29) is 11.8 Å². The summed E-state index contributed by atoms with van der Waals surface area (Å²) in [6, 6.07) is 17.2. The second kappa shape index (κ2) is 8.70. The van der Waals surface area contributed by atoms with Crippen LogP contribution in [0.1, 0.15) is 38.6 Å². The van der Waals surface area contributed by atoms with Gasteiger partial charge in [-0.25, -0.2) is 4.99 Å². The number of anilines is 1. The first-order valence-corrected chi connectivity index (χ1v) is 10.8. The normalized spacial score (nSPS) is 11.5. The van der Waals surface area contributed by atoms with Gasteiger partial charge in [-0.05, 0) is 61.7 Å². The van der Waals surface area contributed by atoms with Crippen molar-refractivity contribution in [3.63, 3.8) is 0 Å². The van der Waals surface area contributed by atoms with E-state index in [0.717, 1.165) is 33.4 Å². The smallest absolute Gasteiger partial charge is 0.276 e. The van der Waals surface area contributed by atoms with E-state index in [1.807, 2.05) is 62.4 Å². The van der Waals surface area contributed by atoms with Crippen LogP contribution < -0.4 is 5.32 Å². The van der Waals surface area contributed by atoms with Gasteiger partial charge in [0.05, 0.1) is 5.56 Å². The molecule has 1 amide bonds. The lowest BCUT2D eigenvalue weighted by Crippen LogP contribution is -2.12. The highest BCUT2D eigenvalue weighted by atomic mass is 16.3. The molecule has 34 heavy (non-hydrogen) atoms. The van der Waals surface area contributed by atoms with Crippen molar-refractivity contribution in [2.45, 2.75) is 20.3 Å². The van der Waals surface area contributed by atoms with Crippen molar-refractivity contribution in [1.29, 1.82) is 0 Å². The van der Waals surface area contributed by atoms with Crippen molar-refractivity contribution < 1.29 is 9.90 Å². The Morgan fingerprint density at radius 1 is 1.03 bits per heavy atom. The van der Waals surface area contributed by atoms with Crippen LogP contribution >= 0.6 is 0 Å². The summed E-state index contributed by atoms with van der Waals surface area (Å²) in [5.74, 6) is 0.342. The number of aryl methyl sites for hydroxylation is 2. The summed E-state index contributed by atoms with van der Waals surface area (Å²) in [5, 5.41) is 27.9. The number of fused-ring (bicyclic) bond motifs is 1. The third kappa shape index (κ3) is 4.44. The fraction of sp³-hybridized carbons (Fsp3) is 0.120. The van der Waals surface area contributed by atoms with Crippen LogP contribution in [-0.2, 0) is 6.42 Å². The third-order valence-electron chi connectivity index (χ3n) is 5.43. The molecule has 0 saturated heterocycles. The molecule has 5 N–H and O–H groups in total. The van der Waals surface area contributed by atoms with Gasteiger partial charge in [0.25, 0.3) is 5.91 Å². The molecule has 170 valence electrons. The quantitative estimate of drug-likeness (QED) is 0.241. The van der Waals surface area contributed by atoms with Gasteiger partial charge in [0.2, 0.25) is 0 Å². The standard InChI is InChI=1S/C25H23N7O2/c1-14-8-22(31-29-14)25(34)27-18-5-3-4-16(11-18)10-17-6-7-21-19(12-17)20(24(33)28-21)13-26-23-9-15(2)30-32-23/h3-9,11-13,28,33H,10H2,1-2H3,(H,27,34)(H,29,31)(H,30,32). The maximum Gasteiger partial charge on any atom is 0.276 e. The Balaban J connectivity index is 1.37. The van der Waals surface area contributed by atoms with Gasteiger partial charge in [0, 0.05) is 40.3 Å². The average Bonchev–Trinajstić information content (AvgIpc) is 3.51. The summed E-state index contributed by atoms with van der Waals surface area (Å²) in [5.41, 5.74) is 6.31. The van der Waals surface area contributed by atoms with Gasteiger partial charge in [0.1, 0.15) is 0 Å². The number of aromatic amines is 3. The Hall–Kier alpha value is -4.66. The largest absolute Gasteiger partial charge is 0.494 e. The minimum absolute atomic E-state index is 0.0569. The van der Waals surface area contributed by atoms with Gasteiger partial charge in [0.15, 0.2) is 17.4 Å². The highest BCUT2D eigenvalue weighted by Gasteiger charge is 2.12. The molecule has 5 aromatic rings. The van der Waals surface area contributed by atoms with Crippen LogP contribution in [-0.4, -0.2) is 42.6 Å². The molecule has 3 aromatic heterocycles. The molecule has 0 aliphatic carbocycles. The molecule has 5 rings (SSSR count). The molecule has 0 radical (unpaired) electrons. The zero-order valence-electron chi connectivity index (χ0n) is 18.7. The summed E-state index contributed by atoms with van der Waals surface area (Å²) < 4.78 is 0. The fourth-order valence-corrected chi connectivity index (χ4v) is 3.81. The number of benzene rings is 2. The van der Waals surface area contributed by atoms with Crippen molar-refractivity contribution in [2.24, 2.45) is 4.99 Å². The van der Waals surface area contributed by atoms with E-state index in [1.165, 1.54) is 0 Å².